The summed E-state index contributed by atoms with van der Waals surface area (Å²) in [4.78, 5) is 25.2. The molecule has 0 saturated carbocycles. The van der Waals surface area contributed by atoms with Gasteiger partial charge < -0.3 is 10.2 Å². The summed E-state index contributed by atoms with van der Waals surface area (Å²) in [7, 11) is 0. The number of likely N-dealkylation sites (tertiary alicyclic amines) is 1. The molecule has 17 heavy (non-hydrogen) atoms. The van der Waals surface area contributed by atoms with Crippen LogP contribution in [0.1, 0.15) is 39.5 Å². The highest BCUT2D eigenvalue weighted by Crippen LogP contribution is 2.16. The SMILES string of the molecule is CC[C@@H](C(=O)N[C@H](C)CC#N)N1CCCC1=O. The molecule has 1 N–H and O–H groups in total. The molecule has 0 spiro atoms. The number of carbonyl (C=O) groups is 2. The van der Waals surface area contributed by atoms with Gasteiger partial charge in [-0.2, -0.15) is 5.26 Å². The largest absolute Gasteiger partial charge is 0.351 e. The molecule has 0 aliphatic carbocycles. The van der Waals surface area contributed by atoms with Crippen LogP contribution < -0.4 is 5.32 Å². The van der Waals surface area contributed by atoms with E-state index in [-0.39, 0.29) is 30.3 Å². The third kappa shape index (κ3) is 3.45. The molecule has 0 aromatic rings. The summed E-state index contributed by atoms with van der Waals surface area (Å²) in [6, 6.07) is 1.46. The Labute approximate surface area is 102 Å². The number of nitrogens with zero attached hydrogens (tertiary/aromatic N) is 2. The lowest BCUT2D eigenvalue weighted by atomic mass is 10.1. The minimum atomic E-state index is -0.383. The second kappa shape index (κ2) is 6.24. The quantitative estimate of drug-likeness (QED) is 0.768. The Morgan fingerprint density at radius 1 is 1.65 bits per heavy atom. The fourth-order valence-electron chi connectivity index (χ4n) is 2.07. The summed E-state index contributed by atoms with van der Waals surface area (Å²) in [5, 5.41) is 11.3. The van der Waals surface area contributed by atoms with E-state index in [0.717, 1.165) is 6.42 Å². The van der Waals surface area contributed by atoms with Crippen molar-refractivity contribution in [2.24, 2.45) is 0 Å². The lowest BCUT2D eigenvalue weighted by Crippen LogP contribution is -2.49. The molecular weight excluding hydrogens is 218 g/mol. The normalized spacial score (nSPS) is 18.6. The van der Waals surface area contributed by atoms with E-state index in [2.05, 4.69) is 5.32 Å². The van der Waals surface area contributed by atoms with Crippen LogP contribution in [0.15, 0.2) is 0 Å². The fourth-order valence-corrected chi connectivity index (χ4v) is 2.07. The van der Waals surface area contributed by atoms with Crippen molar-refractivity contribution in [3.63, 3.8) is 0 Å². The van der Waals surface area contributed by atoms with E-state index in [4.69, 9.17) is 5.26 Å². The number of amides is 2. The number of hydrogen-bond acceptors (Lipinski definition) is 3. The number of nitriles is 1. The van der Waals surface area contributed by atoms with E-state index in [9.17, 15) is 9.59 Å². The van der Waals surface area contributed by atoms with Gasteiger partial charge in [-0.1, -0.05) is 6.92 Å². The van der Waals surface area contributed by atoms with Gasteiger partial charge >= 0.3 is 0 Å². The molecule has 1 saturated heterocycles. The maximum absolute atomic E-state index is 12.0. The number of carbonyl (C=O) groups excluding carboxylic acids is 2. The first kappa shape index (κ1) is 13.5. The van der Waals surface area contributed by atoms with E-state index >= 15 is 0 Å². The third-order valence-corrected chi connectivity index (χ3v) is 2.96. The molecule has 0 aromatic carbocycles. The zero-order chi connectivity index (χ0) is 12.8. The highest BCUT2D eigenvalue weighted by Gasteiger charge is 2.31. The van der Waals surface area contributed by atoms with Crippen LogP contribution in [0, 0.1) is 11.3 Å². The number of hydrogen-bond donors (Lipinski definition) is 1. The van der Waals surface area contributed by atoms with Crippen molar-refractivity contribution in [3.8, 4) is 6.07 Å². The average molecular weight is 237 g/mol. The van der Waals surface area contributed by atoms with Gasteiger partial charge in [0.1, 0.15) is 6.04 Å². The molecule has 0 bridgehead atoms. The van der Waals surface area contributed by atoms with Crippen molar-refractivity contribution in [2.75, 3.05) is 6.54 Å². The van der Waals surface area contributed by atoms with E-state index in [0.29, 0.717) is 19.4 Å². The van der Waals surface area contributed by atoms with Gasteiger partial charge in [0.05, 0.1) is 12.5 Å². The first-order valence-corrected chi connectivity index (χ1v) is 6.07. The molecule has 5 heteroatoms. The molecular formula is C12H19N3O2. The summed E-state index contributed by atoms with van der Waals surface area (Å²) in [5.74, 6) is -0.0922. The van der Waals surface area contributed by atoms with Crippen LogP contribution >= 0.6 is 0 Å². The molecule has 1 rings (SSSR count). The van der Waals surface area contributed by atoms with Gasteiger partial charge in [-0.3, -0.25) is 9.59 Å². The molecule has 0 aromatic heterocycles. The molecule has 1 aliphatic rings. The summed E-state index contributed by atoms with van der Waals surface area (Å²) >= 11 is 0. The van der Waals surface area contributed by atoms with Crippen LogP contribution in [0.25, 0.3) is 0 Å². The van der Waals surface area contributed by atoms with Crippen molar-refractivity contribution in [3.05, 3.63) is 0 Å². The predicted molar refractivity (Wildman–Crippen MR) is 62.9 cm³/mol. The van der Waals surface area contributed by atoms with Crippen LogP contribution in [0.3, 0.4) is 0 Å². The Morgan fingerprint density at radius 2 is 2.35 bits per heavy atom. The van der Waals surface area contributed by atoms with Gasteiger partial charge in [-0.25, -0.2) is 0 Å². The van der Waals surface area contributed by atoms with Crippen molar-refractivity contribution in [1.82, 2.24) is 10.2 Å². The fraction of sp³-hybridized carbons (Fsp3) is 0.750. The maximum atomic E-state index is 12.0. The van der Waals surface area contributed by atoms with Crippen molar-refractivity contribution >= 4 is 11.8 Å². The molecule has 0 unspecified atom stereocenters. The Bertz CT molecular complexity index is 335. The standard InChI is InChI=1S/C12H19N3O2/c1-3-10(15-8-4-5-11(15)16)12(17)14-9(2)6-7-13/h9-10H,3-6,8H2,1-2H3,(H,14,17)/t9-,10+/m1/s1. The van der Waals surface area contributed by atoms with Crippen molar-refractivity contribution in [1.29, 1.82) is 5.26 Å². The molecule has 2 amide bonds. The molecule has 94 valence electrons. The minimum Gasteiger partial charge on any atom is -0.351 e. The van der Waals surface area contributed by atoms with Crippen molar-refractivity contribution < 1.29 is 9.59 Å². The van der Waals surface area contributed by atoms with Gasteiger partial charge in [-0.15, -0.1) is 0 Å². The summed E-state index contributed by atoms with van der Waals surface area (Å²) in [5.41, 5.74) is 0. The van der Waals surface area contributed by atoms with Crippen LogP contribution in [-0.2, 0) is 9.59 Å². The second-order valence-corrected chi connectivity index (χ2v) is 4.39. The second-order valence-electron chi connectivity index (χ2n) is 4.39. The minimum absolute atomic E-state index is 0.0555. The molecule has 0 radical (unpaired) electrons. The summed E-state index contributed by atoms with van der Waals surface area (Å²) < 4.78 is 0. The van der Waals surface area contributed by atoms with Crippen LogP contribution in [-0.4, -0.2) is 35.3 Å². The van der Waals surface area contributed by atoms with Gasteiger partial charge in [-0.05, 0) is 19.8 Å². The lowest BCUT2D eigenvalue weighted by molar-refractivity contribution is -0.137. The monoisotopic (exact) mass is 237 g/mol. The Balaban J connectivity index is 2.58. The van der Waals surface area contributed by atoms with Gasteiger partial charge in [0.2, 0.25) is 11.8 Å². The van der Waals surface area contributed by atoms with Crippen LogP contribution in [0.5, 0.6) is 0 Å². The molecule has 1 fully saturated rings. The van der Waals surface area contributed by atoms with Gasteiger partial charge in [0.25, 0.3) is 0 Å². The first-order valence-electron chi connectivity index (χ1n) is 6.07. The highest BCUT2D eigenvalue weighted by atomic mass is 16.2. The molecule has 2 atom stereocenters. The van der Waals surface area contributed by atoms with Crippen LogP contribution in [0.4, 0.5) is 0 Å². The molecule has 1 heterocycles. The maximum Gasteiger partial charge on any atom is 0.243 e. The average Bonchev–Trinajstić information content (AvgIpc) is 2.66. The first-order chi connectivity index (χ1) is 8.10. The Kier molecular flexibility index (Phi) is 4.95. The Morgan fingerprint density at radius 3 is 2.82 bits per heavy atom. The number of rotatable bonds is 5. The molecule has 1 aliphatic heterocycles. The predicted octanol–water partition coefficient (Wildman–Crippen LogP) is 0.806. The van der Waals surface area contributed by atoms with E-state index in [1.807, 2.05) is 13.0 Å². The van der Waals surface area contributed by atoms with Gasteiger partial charge in [0.15, 0.2) is 0 Å². The zero-order valence-corrected chi connectivity index (χ0v) is 10.4. The third-order valence-electron chi connectivity index (χ3n) is 2.96. The highest BCUT2D eigenvalue weighted by molar-refractivity contribution is 5.88. The van der Waals surface area contributed by atoms with E-state index in [1.54, 1.807) is 11.8 Å². The Hall–Kier alpha value is -1.57. The van der Waals surface area contributed by atoms with Crippen molar-refractivity contribution in [2.45, 2.75) is 51.6 Å². The lowest BCUT2D eigenvalue weighted by Gasteiger charge is -2.26. The molecule has 5 nitrogen and oxygen atoms in total. The topological polar surface area (TPSA) is 73.2 Å². The zero-order valence-electron chi connectivity index (χ0n) is 10.4. The van der Waals surface area contributed by atoms with Crippen LogP contribution in [0.2, 0.25) is 0 Å². The van der Waals surface area contributed by atoms with Gasteiger partial charge in [0, 0.05) is 19.0 Å². The summed E-state index contributed by atoms with van der Waals surface area (Å²) in [6.45, 7) is 4.35. The van der Waals surface area contributed by atoms with E-state index in [1.165, 1.54) is 0 Å². The number of nitrogens with one attached hydrogen (secondary N) is 1. The summed E-state index contributed by atoms with van der Waals surface area (Å²) in [6.07, 6.45) is 2.26. The smallest absolute Gasteiger partial charge is 0.243 e. The van der Waals surface area contributed by atoms with E-state index < -0.39 is 0 Å².